The summed E-state index contributed by atoms with van der Waals surface area (Å²) in [6.45, 7) is 3.68. The molecule has 2 amide bonds. The fourth-order valence-corrected chi connectivity index (χ4v) is 6.18. The Labute approximate surface area is 229 Å². The molecule has 0 radical (unpaired) electrons. The first-order chi connectivity index (χ1) is 18.5. The van der Waals surface area contributed by atoms with Crippen molar-refractivity contribution in [2.75, 3.05) is 0 Å². The molecule has 10 heteroatoms. The molecule has 4 aromatic rings. The first-order valence-corrected chi connectivity index (χ1v) is 15.1. The number of nitrogens with one attached hydrogen (secondary N) is 3. The van der Waals surface area contributed by atoms with Crippen LogP contribution in [0.5, 0.6) is 0 Å². The standard InChI is InChI=1S/C29H29N3O5S2/c1-21-13-17-25(18-14-21)38(34,35)31-28(24-11-7-4-8-12-24)27(23-9-5-3-6-10-23)30-29(33)32-39(36,37)26-19-15-22(2)16-20-26/h3-20,27-28,31H,1-2H3,(H2,30,32,33)/t27-,28-/m0/s1. The van der Waals surface area contributed by atoms with Crippen LogP contribution in [0.25, 0.3) is 0 Å². The van der Waals surface area contributed by atoms with E-state index in [1.54, 1.807) is 84.9 Å². The highest BCUT2D eigenvalue weighted by Crippen LogP contribution is 2.31. The van der Waals surface area contributed by atoms with E-state index in [2.05, 4.69) is 10.0 Å². The molecule has 0 unspecified atom stereocenters. The topological polar surface area (TPSA) is 121 Å². The van der Waals surface area contributed by atoms with Crippen LogP contribution in [0.4, 0.5) is 4.79 Å². The Kier molecular flexibility index (Phi) is 8.49. The first-order valence-electron chi connectivity index (χ1n) is 12.1. The summed E-state index contributed by atoms with van der Waals surface area (Å²) in [5.74, 6) is 0. The minimum atomic E-state index is -4.18. The average Bonchev–Trinajstić information content (AvgIpc) is 2.92. The molecule has 0 aliphatic rings. The molecular formula is C29H29N3O5S2. The van der Waals surface area contributed by atoms with Gasteiger partial charge in [0.2, 0.25) is 10.0 Å². The molecule has 0 bridgehead atoms. The predicted octanol–water partition coefficient (Wildman–Crippen LogP) is 4.75. The second-order valence-electron chi connectivity index (χ2n) is 9.10. The van der Waals surface area contributed by atoms with Crippen molar-refractivity contribution in [2.24, 2.45) is 0 Å². The Morgan fingerprint density at radius 3 is 1.44 bits per heavy atom. The van der Waals surface area contributed by atoms with Gasteiger partial charge >= 0.3 is 6.03 Å². The van der Waals surface area contributed by atoms with Gasteiger partial charge in [-0.3, -0.25) is 0 Å². The SMILES string of the molecule is Cc1ccc(S(=O)(=O)NC(=O)N[C@@H](c2ccccc2)[C@@H](NS(=O)(=O)c2ccc(C)cc2)c2ccccc2)cc1. The van der Waals surface area contributed by atoms with Gasteiger partial charge in [0.1, 0.15) is 0 Å². The molecule has 0 saturated carbocycles. The minimum Gasteiger partial charge on any atom is -0.329 e. The minimum absolute atomic E-state index is 0.0623. The number of rotatable bonds is 9. The van der Waals surface area contributed by atoms with Gasteiger partial charge in [0.25, 0.3) is 10.0 Å². The van der Waals surface area contributed by atoms with E-state index in [1.165, 1.54) is 24.3 Å². The van der Waals surface area contributed by atoms with Crippen LogP contribution >= 0.6 is 0 Å². The van der Waals surface area contributed by atoms with Crippen LogP contribution in [0.3, 0.4) is 0 Å². The number of hydrogen-bond donors (Lipinski definition) is 3. The lowest BCUT2D eigenvalue weighted by Gasteiger charge is -2.29. The van der Waals surface area contributed by atoms with Gasteiger partial charge in [-0.2, -0.15) is 0 Å². The third kappa shape index (κ3) is 7.11. The van der Waals surface area contributed by atoms with Crippen LogP contribution in [0.1, 0.15) is 34.3 Å². The van der Waals surface area contributed by atoms with Crippen LogP contribution in [-0.4, -0.2) is 22.9 Å². The maximum Gasteiger partial charge on any atom is 0.329 e. The lowest BCUT2D eigenvalue weighted by atomic mass is 9.94. The predicted molar refractivity (Wildman–Crippen MR) is 150 cm³/mol. The molecule has 202 valence electrons. The van der Waals surface area contributed by atoms with Crippen molar-refractivity contribution in [1.82, 2.24) is 14.8 Å². The monoisotopic (exact) mass is 563 g/mol. The van der Waals surface area contributed by atoms with E-state index in [0.29, 0.717) is 11.1 Å². The maximum atomic E-state index is 13.5. The fourth-order valence-electron chi connectivity index (χ4n) is 4.03. The molecule has 4 aromatic carbocycles. The molecule has 0 spiro atoms. The summed E-state index contributed by atoms with van der Waals surface area (Å²) in [5.41, 5.74) is 2.92. The summed E-state index contributed by atoms with van der Waals surface area (Å²) < 4.78 is 57.4. The van der Waals surface area contributed by atoms with Crippen LogP contribution in [0, 0.1) is 13.8 Å². The second kappa shape index (κ2) is 11.8. The summed E-state index contributed by atoms with van der Waals surface area (Å²) in [7, 11) is -8.21. The van der Waals surface area contributed by atoms with E-state index in [1.807, 2.05) is 18.6 Å². The van der Waals surface area contributed by atoms with Gasteiger partial charge in [0, 0.05) is 0 Å². The molecule has 0 heterocycles. The van der Waals surface area contributed by atoms with Gasteiger partial charge < -0.3 is 5.32 Å². The van der Waals surface area contributed by atoms with E-state index in [-0.39, 0.29) is 9.79 Å². The second-order valence-corrected chi connectivity index (χ2v) is 12.5. The van der Waals surface area contributed by atoms with Crippen LogP contribution < -0.4 is 14.8 Å². The normalized spacial score (nSPS) is 13.3. The van der Waals surface area contributed by atoms with Gasteiger partial charge in [-0.1, -0.05) is 96.1 Å². The van der Waals surface area contributed by atoms with E-state index in [0.717, 1.165) is 11.1 Å². The summed E-state index contributed by atoms with van der Waals surface area (Å²) in [5, 5.41) is 2.70. The molecule has 4 rings (SSSR count). The van der Waals surface area contributed by atoms with E-state index >= 15 is 0 Å². The molecule has 0 saturated heterocycles. The lowest BCUT2D eigenvalue weighted by Crippen LogP contribution is -2.46. The summed E-state index contributed by atoms with van der Waals surface area (Å²) in [6, 6.07) is 27.1. The Bertz CT molecular complexity index is 1630. The highest BCUT2D eigenvalue weighted by Gasteiger charge is 2.32. The van der Waals surface area contributed by atoms with Gasteiger partial charge in [0.05, 0.1) is 21.9 Å². The molecule has 39 heavy (non-hydrogen) atoms. The van der Waals surface area contributed by atoms with Gasteiger partial charge in [-0.15, -0.1) is 0 Å². The number of carbonyl (C=O) groups excluding carboxylic acids is 1. The number of benzene rings is 4. The molecule has 0 aliphatic heterocycles. The third-order valence-corrected chi connectivity index (χ3v) is 8.91. The lowest BCUT2D eigenvalue weighted by molar-refractivity contribution is 0.239. The quantitative estimate of drug-likeness (QED) is 0.271. The van der Waals surface area contributed by atoms with Crippen molar-refractivity contribution < 1.29 is 21.6 Å². The number of hydrogen-bond acceptors (Lipinski definition) is 5. The first kappa shape index (κ1) is 28.0. The zero-order valence-corrected chi connectivity index (χ0v) is 23.0. The van der Waals surface area contributed by atoms with E-state index < -0.39 is 38.2 Å². The summed E-state index contributed by atoms with van der Waals surface area (Å²) >= 11 is 0. The highest BCUT2D eigenvalue weighted by molar-refractivity contribution is 7.90. The smallest absolute Gasteiger partial charge is 0.329 e. The molecule has 0 aliphatic carbocycles. The van der Waals surface area contributed by atoms with Crippen LogP contribution in [0.2, 0.25) is 0 Å². The van der Waals surface area contributed by atoms with Crippen molar-refractivity contribution >= 4 is 26.1 Å². The fraction of sp³-hybridized carbons (Fsp3) is 0.138. The zero-order chi connectivity index (χ0) is 28.0. The molecule has 8 nitrogen and oxygen atoms in total. The van der Waals surface area contributed by atoms with E-state index in [9.17, 15) is 21.6 Å². The molecular weight excluding hydrogens is 534 g/mol. The van der Waals surface area contributed by atoms with Gasteiger partial charge in [0.15, 0.2) is 0 Å². The van der Waals surface area contributed by atoms with Crippen molar-refractivity contribution in [3.05, 3.63) is 131 Å². The zero-order valence-electron chi connectivity index (χ0n) is 21.4. The Balaban J connectivity index is 1.71. The molecule has 0 fully saturated rings. The maximum absolute atomic E-state index is 13.5. The molecule has 2 atom stereocenters. The number of sulfonamides is 2. The molecule has 0 aromatic heterocycles. The van der Waals surface area contributed by atoms with E-state index in [4.69, 9.17) is 0 Å². The van der Waals surface area contributed by atoms with Gasteiger partial charge in [-0.05, 0) is 49.2 Å². The van der Waals surface area contributed by atoms with Crippen molar-refractivity contribution in [3.63, 3.8) is 0 Å². The summed E-state index contributed by atoms with van der Waals surface area (Å²) in [6.07, 6.45) is 0. The van der Waals surface area contributed by atoms with Crippen molar-refractivity contribution in [1.29, 1.82) is 0 Å². The number of amides is 2. The summed E-state index contributed by atoms with van der Waals surface area (Å²) in [4.78, 5) is 13.1. The number of aryl methyl sites for hydroxylation is 2. The number of urea groups is 1. The number of carbonyl (C=O) groups is 1. The van der Waals surface area contributed by atoms with Crippen molar-refractivity contribution in [2.45, 2.75) is 35.7 Å². The Morgan fingerprint density at radius 2 is 0.974 bits per heavy atom. The van der Waals surface area contributed by atoms with Crippen LogP contribution in [-0.2, 0) is 20.0 Å². The Morgan fingerprint density at radius 1 is 0.564 bits per heavy atom. The highest BCUT2D eigenvalue weighted by atomic mass is 32.2. The van der Waals surface area contributed by atoms with Crippen LogP contribution in [0.15, 0.2) is 119 Å². The Hall–Kier alpha value is -3.99. The largest absolute Gasteiger partial charge is 0.329 e. The third-order valence-electron chi connectivity index (χ3n) is 6.11. The van der Waals surface area contributed by atoms with Crippen molar-refractivity contribution in [3.8, 4) is 0 Å². The molecule has 3 N–H and O–H groups in total. The van der Waals surface area contributed by atoms with Gasteiger partial charge in [-0.25, -0.2) is 31.1 Å². The average molecular weight is 564 g/mol.